The summed E-state index contributed by atoms with van der Waals surface area (Å²) >= 11 is 0. The highest BCUT2D eigenvalue weighted by atomic mass is 16.5. The normalized spacial score (nSPS) is 10.8. The van der Waals surface area contributed by atoms with Gasteiger partial charge in [0.25, 0.3) is 0 Å². The summed E-state index contributed by atoms with van der Waals surface area (Å²) in [6.45, 7) is 0. The number of ether oxygens (including phenoxy) is 2. The third-order valence-corrected chi connectivity index (χ3v) is 4.61. The van der Waals surface area contributed by atoms with E-state index in [1.807, 2.05) is 54.6 Å². The van der Waals surface area contributed by atoms with Gasteiger partial charge in [0.15, 0.2) is 16.9 Å². The lowest BCUT2D eigenvalue weighted by molar-refractivity contribution is 0.334. The molecule has 1 N–H and O–H groups in total. The van der Waals surface area contributed by atoms with E-state index in [2.05, 4.69) is 0 Å². The number of benzene rings is 3. The van der Waals surface area contributed by atoms with Gasteiger partial charge in [-0.1, -0.05) is 54.6 Å². The van der Waals surface area contributed by atoms with Crippen LogP contribution < -0.4 is 14.9 Å². The van der Waals surface area contributed by atoms with Gasteiger partial charge in [0, 0.05) is 17.7 Å². The average molecular weight is 374 g/mol. The van der Waals surface area contributed by atoms with Crippen LogP contribution in [0.3, 0.4) is 0 Å². The van der Waals surface area contributed by atoms with Crippen LogP contribution in [0.2, 0.25) is 0 Å². The van der Waals surface area contributed by atoms with Gasteiger partial charge in [-0.3, -0.25) is 4.79 Å². The predicted octanol–water partition coefficient (Wildman–Crippen LogP) is 4.85. The van der Waals surface area contributed by atoms with Crippen molar-refractivity contribution in [1.29, 1.82) is 0 Å². The van der Waals surface area contributed by atoms with Crippen LogP contribution in [0.5, 0.6) is 17.2 Å². The molecule has 3 aromatic carbocycles. The lowest BCUT2D eigenvalue weighted by Crippen LogP contribution is -2.02. The number of methoxy groups -OCH3 is 2. The predicted molar refractivity (Wildman–Crippen MR) is 108 cm³/mol. The fraction of sp³-hybridized carbons (Fsp3) is 0.0870. The summed E-state index contributed by atoms with van der Waals surface area (Å²) in [7, 11) is 2.85. The van der Waals surface area contributed by atoms with Crippen molar-refractivity contribution in [2.24, 2.45) is 0 Å². The molecule has 0 spiro atoms. The minimum Gasteiger partial charge on any atom is -0.504 e. The summed E-state index contributed by atoms with van der Waals surface area (Å²) in [6.07, 6.45) is 0. The Morgan fingerprint density at radius 1 is 0.821 bits per heavy atom. The average Bonchev–Trinajstić information content (AvgIpc) is 2.73. The fourth-order valence-electron chi connectivity index (χ4n) is 3.21. The first-order chi connectivity index (χ1) is 13.6. The number of hydrogen-bond acceptors (Lipinski definition) is 5. The van der Waals surface area contributed by atoms with E-state index in [0.717, 1.165) is 16.7 Å². The van der Waals surface area contributed by atoms with Gasteiger partial charge in [-0.25, -0.2) is 0 Å². The minimum absolute atomic E-state index is 0.0577. The molecule has 1 aromatic heterocycles. The van der Waals surface area contributed by atoms with Crippen molar-refractivity contribution >= 4 is 11.0 Å². The van der Waals surface area contributed by atoms with Crippen LogP contribution >= 0.6 is 0 Å². The largest absolute Gasteiger partial charge is 0.504 e. The van der Waals surface area contributed by atoms with E-state index in [1.54, 1.807) is 0 Å². The molecule has 140 valence electrons. The van der Waals surface area contributed by atoms with Crippen LogP contribution in [0, 0.1) is 0 Å². The molecule has 0 saturated carbocycles. The Morgan fingerprint density at radius 3 is 2.11 bits per heavy atom. The maximum atomic E-state index is 12.6. The molecule has 0 aliphatic carbocycles. The van der Waals surface area contributed by atoms with Crippen LogP contribution in [-0.4, -0.2) is 19.3 Å². The SMILES string of the molecule is COc1cc2oc(-c3ccc(-c4ccccc4)cc3)cc(=O)c2c(O)c1OC. The number of phenols is 1. The maximum absolute atomic E-state index is 12.6. The summed E-state index contributed by atoms with van der Waals surface area (Å²) in [6, 6.07) is 20.7. The Balaban J connectivity index is 1.82. The maximum Gasteiger partial charge on any atom is 0.204 e. The van der Waals surface area contributed by atoms with Gasteiger partial charge in [0.2, 0.25) is 5.75 Å². The second kappa shape index (κ2) is 7.12. The first kappa shape index (κ1) is 17.7. The molecule has 0 radical (unpaired) electrons. The second-order valence-electron chi connectivity index (χ2n) is 6.25. The van der Waals surface area contributed by atoms with Crippen molar-refractivity contribution in [1.82, 2.24) is 0 Å². The molecule has 5 nitrogen and oxygen atoms in total. The molecular weight excluding hydrogens is 356 g/mol. The van der Waals surface area contributed by atoms with Crippen LogP contribution in [0.25, 0.3) is 33.4 Å². The van der Waals surface area contributed by atoms with E-state index in [-0.39, 0.29) is 33.6 Å². The molecule has 4 aromatic rings. The molecule has 0 aliphatic rings. The van der Waals surface area contributed by atoms with Crippen molar-refractivity contribution in [2.75, 3.05) is 14.2 Å². The van der Waals surface area contributed by atoms with Crippen molar-refractivity contribution in [3.8, 4) is 39.7 Å². The van der Waals surface area contributed by atoms with E-state index in [9.17, 15) is 9.90 Å². The lowest BCUT2D eigenvalue weighted by atomic mass is 10.0. The molecule has 0 bridgehead atoms. The molecular formula is C23H18O5. The molecule has 0 unspecified atom stereocenters. The Bertz CT molecular complexity index is 1190. The van der Waals surface area contributed by atoms with Gasteiger partial charge in [-0.15, -0.1) is 0 Å². The molecule has 0 fully saturated rings. The number of fused-ring (bicyclic) bond motifs is 1. The Labute approximate surface area is 161 Å². The summed E-state index contributed by atoms with van der Waals surface area (Å²) in [5.74, 6) is 0.495. The monoisotopic (exact) mass is 374 g/mol. The molecule has 1 heterocycles. The van der Waals surface area contributed by atoms with E-state index in [1.165, 1.54) is 26.4 Å². The van der Waals surface area contributed by atoms with Crippen molar-refractivity contribution in [3.63, 3.8) is 0 Å². The molecule has 28 heavy (non-hydrogen) atoms. The highest BCUT2D eigenvalue weighted by molar-refractivity contribution is 5.89. The number of aromatic hydroxyl groups is 1. The third kappa shape index (κ3) is 2.97. The number of phenolic OH excluding ortho intramolecular Hbond substituents is 1. The van der Waals surface area contributed by atoms with E-state index in [0.29, 0.717) is 5.76 Å². The lowest BCUT2D eigenvalue weighted by Gasteiger charge is -2.12. The van der Waals surface area contributed by atoms with E-state index >= 15 is 0 Å². The zero-order chi connectivity index (χ0) is 19.7. The minimum atomic E-state index is -0.359. The standard InChI is InChI=1S/C23H18O5/c1-26-20-13-19-21(22(25)23(20)27-2)17(24)12-18(28-19)16-10-8-15(9-11-16)14-6-4-3-5-7-14/h3-13,25H,1-2H3. The van der Waals surface area contributed by atoms with Gasteiger partial charge < -0.3 is 19.0 Å². The quantitative estimate of drug-likeness (QED) is 0.553. The smallest absolute Gasteiger partial charge is 0.204 e. The van der Waals surface area contributed by atoms with Gasteiger partial charge in [0.05, 0.1) is 14.2 Å². The van der Waals surface area contributed by atoms with E-state index < -0.39 is 0 Å². The first-order valence-electron chi connectivity index (χ1n) is 8.70. The summed E-state index contributed by atoms with van der Waals surface area (Å²) in [4.78, 5) is 12.6. The van der Waals surface area contributed by atoms with Gasteiger partial charge in [-0.2, -0.15) is 0 Å². The number of rotatable bonds is 4. The van der Waals surface area contributed by atoms with Crippen molar-refractivity contribution in [3.05, 3.63) is 77.0 Å². The van der Waals surface area contributed by atoms with E-state index in [4.69, 9.17) is 13.9 Å². The van der Waals surface area contributed by atoms with Gasteiger partial charge in [0.1, 0.15) is 16.7 Å². The highest BCUT2D eigenvalue weighted by Crippen LogP contribution is 2.42. The first-order valence-corrected chi connectivity index (χ1v) is 8.70. The molecule has 5 heteroatoms. The van der Waals surface area contributed by atoms with Gasteiger partial charge in [-0.05, 0) is 11.1 Å². The zero-order valence-electron chi connectivity index (χ0n) is 15.4. The Hall–Kier alpha value is -3.73. The Kier molecular flexibility index (Phi) is 4.49. The second-order valence-corrected chi connectivity index (χ2v) is 6.25. The third-order valence-electron chi connectivity index (χ3n) is 4.61. The molecule has 0 aliphatic heterocycles. The molecule has 0 saturated heterocycles. The van der Waals surface area contributed by atoms with Gasteiger partial charge >= 0.3 is 0 Å². The van der Waals surface area contributed by atoms with Crippen LogP contribution in [0.4, 0.5) is 0 Å². The molecule has 4 rings (SSSR count). The fourth-order valence-corrected chi connectivity index (χ4v) is 3.21. The van der Waals surface area contributed by atoms with Crippen LogP contribution in [0.1, 0.15) is 0 Å². The van der Waals surface area contributed by atoms with Crippen LogP contribution in [-0.2, 0) is 0 Å². The summed E-state index contributed by atoms with van der Waals surface area (Å²) in [5.41, 5.74) is 2.80. The summed E-state index contributed by atoms with van der Waals surface area (Å²) < 4.78 is 16.3. The van der Waals surface area contributed by atoms with Crippen molar-refractivity contribution in [2.45, 2.75) is 0 Å². The topological polar surface area (TPSA) is 68.9 Å². The molecule has 0 atom stereocenters. The van der Waals surface area contributed by atoms with Crippen molar-refractivity contribution < 1.29 is 19.0 Å². The zero-order valence-corrected chi connectivity index (χ0v) is 15.4. The number of hydrogen-bond donors (Lipinski definition) is 1. The highest BCUT2D eigenvalue weighted by Gasteiger charge is 2.19. The molecule has 0 amide bonds. The van der Waals surface area contributed by atoms with Crippen LogP contribution in [0.15, 0.2) is 75.9 Å². The Morgan fingerprint density at radius 2 is 1.46 bits per heavy atom. The summed E-state index contributed by atoms with van der Waals surface area (Å²) in [5, 5.41) is 10.5.